The quantitative estimate of drug-likeness (QED) is 0.659. The molecule has 2 nitrogen and oxygen atoms in total. The summed E-state index contributed by atoms with van der Waals surface area (Å²) < 4.78 is 4.90. The zero-order chi connectivity index (χ0) is 7.98. The van der Waals surface area contributed by atoms with Crippen LogP contribution in [0.25, 0.3) is 0 Å². The molecule has 0 aromatic carbocycles. The van der Waals surface area contributed by atoms with Crippen molar-refractivity contribution in [3.05, 3.63) is 0 Å². The van der Waals surface area contributed by atoms with Crippen LogP contribution in [0.4, 0.5) is 0 Å². The molecule has 0 heterocycles. The Balaban J connectivity index is 3.12. The van der Waals surface area contributed by atoms with Crippen LogP contribution in [-0.4, -0.2) is 30.8 Å². The molecule has 62 valence electrons. The number of nitrogens with two attached hydrogens (primary N) is 1. The van der Waals surface area contributed by atoms with Gasteiger partial charge in [0.25, 0.3) is 0 Å². The minimum Gasteiger partial charge on any atom is -0.383 e. The third-order valence-corrected chi connectivity index (χ3v) is 2.31. The van der Waals surface area contributed by atoms with Crippen molar-refractivity contribution >= 4 is 11.8 Å². The summed E-state index contributed by atoms with van der Waals surface area (Å²) in [5.41, 5.74) is 5.69. The zero-order valence-electron chi connectivity index (χ0n) is 6.96. The molecule has 0 aliphatic rings. The van der Waals surface area contributed by atoms with Gasteiger partial charge in [-0.1, -0.05) is 13.8 Å². The Labute approximate surface area is 67.5 Å². The molecule has 0 radical (unpaired) electrons. The first-order valence-electron chi connectivity index (χ1n) is 3.53. The Bertz CT molecular complexity index is 78.0. The van der Waals surface area contributed by atoms with Gasteiger partial charge in [0.1, 0.15) is 0 Å². The summed E-state index contributed by atoms with van der Waals surface area (Å²) in [6, 6.07) is 0.192. The molecule has 1 unspecified atom stereocenters. The van der Waals surface area contributed by atoms with E-state index < -0.39 is 0 Å². The molecule has 1 atom stereocenters. The van der Waals surface area contributed by atoms with E-state index in [4.69, 9.17) is 10.5 Å². The van der Waals surface area contributed by atoms with Crippen LogP contribution >= 0.6 is 11.8 Å². The number of thioether (sulfide) groups is 1. The summed E-state index contributed by atoms with van der Waals surface area (Å²) in [6.07, 6.45) is 0. The Morgan fingerprint density at radius 2 is 2.10 bits per heavy atom. The van der Waals surface area contributed by atoms with E-state index in [2.05, 4.69) is 13.8 Å². The molecule has 10 heavy (non-hydrogen) atoms. The molecule has 0 aliphatic carbocycles. The van der Waals surface area contributed by atoms with E-state index in [1.54, 1.807) is 7.11 Å². The highest BCUT2D eigenvalue weighted by Crippen LogP contribution is 2.09. The van der Waals surface area contributed by atoms with E-state index in [1.807, 2.05) is 11.8 Å². The molecular formula is C7H17NOS. The van der Waals surface area contributed by atoms with Crippen molar-refractivity contribution in [1.82, 2.24) is 0 Å². The summed E-state index contributed by atoms with van der Waals surface area (Å²) in [5, 5.41) is 0.669. The molecule has 2 N–H and O–H groups in total. The summed E-state index contributed by atoms with van der Waals surface area (Å²) in [7, 11) is 1.68. The van der Waals surface area contributed by atoms with Crippen molar-refractivity contribution in [2.75, 3.05) is 19.5 Å². The van der Waals surface area contributed by atoms with Gasteiger partial charge in [-0.25, -0.2) is 0 Å². The maximum absolute atomic E-state index is 5.69. The summed E-state index contributed by atoms with van der Waals surface area (Å²) >= 11 is 1.87. The van der Waals surface area contributed by atoms with Gasteiger partial charge in [-0.3, -0.25) is 0 Å². The Hall–Kier alpha value is 0.270. The molecule has 0 fully saturated rings. The highest BCUT2D eigenvalue weighted by Gasteiger charge is 2.02. The van der Waals surface area contributed by atoms with E-state index in [9.17, 15) is 0 Å². The fraction of sp³-hybridized carbons (Fsp3) is 1.00. The van der Waals surface area contributed by atoms with Crippen molar-refractivity contribution < 1.29 is 4.74 Å². The molecular weight excluding hydrogens is 146 g/mol. The highest BCUT2D eigenvalue weighted by molar-refractivity contribution is 7.99. The molecule has 0 aliphatic heterocycles. The van der Waals surface area contributed by atoms with Gasteiger partial charge in [0, 0.05) is 18.9 Å². The maximum atomic E-state index is 5.69. The Kier molecular flexibility index (Phi) is 6.17. The van der Waals surface area contributed by atoms with E-state index in [0.717, 1.165) is 5.75 Å². The molecule has 0 amide bonds. The second kappa shape index (κ2) is 6.01. The zero-order valence-corrected chi connectivity index (χ0v) is 7.78. The van der Waals surface area contributed by atoms with E-state index in [1.165, 1.54) is 0 Å². The van der Waals surface area contributed by atoms with Crippen LogP contribution in [0.5, 0.6) is 0 Å². The lowest BCUT2D eigenvalue weighted by Crippen LogP contribution is -2.28. The molecule has 0 aromatic rings. The monoisotopic (exact) mass is 163 g/mol. The topological polar surface area (TPSA) is 35.2 Å². The predicted octanol–water partition coefficient (Wildman–Crippen LogP) is 1.10. The second-order valence-electron chi connectivity index (χ2n) is 2.60. The SMILES string of the molecule is COCC(N)CSC(C)C. The molecule has 0 aromatic heterocycles. The molecule has 0 rings (SSSR count). The molecule has 0 saturated carbocycles. The van der Waals surface area contributed by atoms with Crippen LogP contribution in [-0.2, 0) is 4.74 Å². The lowest BCUT2D eigenvalue weighted by molar-refractivity contribution is 0.186. The van der Waals surface area contributed by atoms with Gasteiger partial charge in [0.2, 0.25) is 0 Å². The van der Waals surface area contributed by atoms with E-state index in [-0.39, 0.29) is 6.04 Å². The molecule has 3 heteroatoms. The van der Waals surface area contributed by atoms with Gasteiger partial charge < -0.3 is 10.5 Å². The third kappa shape index (κ3) is 6.39. The van der Waals surface area contributed by atoms with Crippen LogP contribution in [0.15, 0.2) is 0 Å². The predicted molar refractivity (Wildman–Crippen MR) is 47.4 cm³/mol. The number of rotatable bonds is 5. The van der Waals surface area contributed by atoms with Gasteiger partial charge in [-0.05, 0) is 5.25 Å². The van der Waals surface area contributed by atoms with E-state index in [0.29, 0.717) is 11.9 Å². The van der Waals surface area contributed by atoms with Crippen molar-refractivity contribution in [2.24, 2.45) is 5.73 Å². The Morgan fingerprint density at radius 3 is 2.50 bits per heavy atom. The van der Waals surface area contributed by atoms with Crippen LogP contribution in [0.1, 0.15) is 13.8 Å². The highest BCUT2D eigenvalue weighted by atomic mass is 32.2. The van der Waals surface area contributed by atoms with Gasteiger partial charge in [0.05, 0.1) is 6.61 Å². The first-order valence-corrected chi connectivity index (χ1v) is 4.57. The summed E-state index contributed by atoms with van der Waals surface area (Å²) in [5.74, 6) is 0.992. The van der Waals surface area contributed by atoms with Gasteiger partial charge in [-0.2, -0.15) is 11.8 Å². The van der Waals surface area contributed by atoms with Gasteiger partial charge in [-0.15, -0.1) is 0 Å². The summed E-state index contributed by atoms with van der Waals surface area (Å²) in [6.45, 7) is 5.01. The number of hydrogen-bond donors (Lipinski definition) is 1. The first kappa shape index (κ1) is 10.3. The fourth-order valence-electron chi connectivity index (χ4n) is 0.578. The van der Waals surface area contributed by atoms with Gasteiger partial charge >= 0.3 is 0 Å². The molecule has 0 spiro atoms. The van der Waals surface area contributed by atoms with Crippen molar-refractivity contribution in [1.29, 1.82) is 0 Å². The molecule has 0 saturated heterocycles. The minimum atomic E-state index is 0.192. The lowest BCUT2D eigenvalue weighted by Gasteiger charge is -2.10. The number of hydrogen-bond acceptors (Lipinski definition) is 3. The smallest absolute Gasteiger partial charge is 0.0621 e. The number of methoxy groups -OCH3 is 1. The Morgan fingerprint density at radius 1 is 1.50 bits per heavy atom. The van der Waals surface area contributed by atoms with Crippen molar-refractivity contribution in [2.45, 2.75) is 25.1 Å². The second-order valence-corrected chi connectivity index (χ2v) is 4.21. The lowest BCUT2D eigenvalue weighted by atomic mass is 10.4. The average molecular weight is 163 g/mol. The number of ether oxygens (including phenoxy) is 1. The standard InChI is InChI=1S/C7H17NOS/c1-6(2)10-5-7(8)4-9-3/h6-7H,4-5,8H2,1-3H3. The molecule has 0 bridgehead atoms. The van der Waals surface area contributed by atoms with Crippen LogP contribution < -0.4 is 5.73 Å². The largest absolute Gasteiger partial charge is 0.383 e. The van der Waals surface area contributed by atoms with Crippen molar-refractivity contribution in [3.63, 3.8) is 0 Å². The maximum Gasteiger partial charge on any atom is 0.0621 e. The van der Waals surface area contributed by atoms with Crippen LogP contribution in [0, 0.1) is 0 Å². The fourth-order valence-corrected chi connectivity index (χ4v) is 1.31. The first-order chi connectivity index (χ1) is 4.66. The van der Waals surface area contributed by atoms with Crippen LogP contribution in [0.3, 0.4) is 0 Å². The van der Waals surface area contributed by atoms with Gasteiger partial charge in [0.15, 0.2) is 0 Å². The normalized spacial score (nSPS) is 14.1. The third-order valence-electron chi connectivity index (χ3n) is 1.02. The van der Waals surface area contributed by atoms with E-state index >= 15 is 0 Å². The average Bonchev–Trinajstić information content (AvgIpc) is 1.85. The summed E-state index contributed by atoms with van der Waals surface area (Å²) in [4.78, 5) is 0. The minimum absolute atomic E-state index is 0.192. The van der Waals surface area contributed by atoms with Crippen molar-refractivity contribution in [3.8, 4) is 0 Å². The van der Waals surface area contributed by atoms with Crippen LogP contribution in [0.2, 0.25) is 0 Å².